The number of aromatic amines is 1. The first-order valence-electron chi connectivity index (χ1n) is 6.01. The smallest absolute Gasteiger partial charge is 0.130 e. The van der Waals surface area contributed by atoms with Crippen LogP contribution in [0.5, 0.6) is 0 Å². The van der Waals surface area contributed by atoms with Gasteiger partial charge in [-0.15, -0.1) is 0 Å². The molecule has 0 saturated heterocycles. The molecule has 0 spiro atoms. The third-order valence-corrected chi connectivity index (χ3v) is 3.26. The van der Waals surface area contributed by atoms with E-state index in [1.165, 1.54) is 0 Å². The van der Waals surface area contributed by atoms with Crippen LogP contribution >= 0.6 is 23.8 Å². The summed E-state index contributed by atoms with van der Waals surface area (Å²) >= 11 is 11.3. The molecular formula is C14H15ClN2S. The van der Waals surface area contributed by atoms with E-state index in [1.807, 2.05) is 30.3 Å². The number of nitrogens with one attached hydrogen (secondary N) is 1. The Balaban J connectivity index is 2.29. The van der Waals surface area contributed by atoms with Gasteiger partial charge in [-0.3, -0.25) is 0 Å². The SMILES string of the molecule is CCCc1cc(=S)nc(Cc2ccccc2Cl)[nH]1. The molecule has 2 nitrogen and oxygen atoms in total. The third kappa shape index (κ3) is 3.40. The minimum Gasteiger partial charge on any atom is -0.347 e. The molecule has 0 aliphatic carbocycles. The highest BCUT2D eigenvalue weighted by atomic mass is 35.5. The van der Waals surface area contributed by atoms with Crippen LogP contribution in [0.4, 0.5) is 0 Å². The van der Waals surface area contributed by atoms with Gasteiger partial charge in [0.05, 0.1) is 0 Å². The van der Waals surface area contributed by atoms with Crippen molar-refractivity contribution in [3.63, 3.8) is 0 Å². The lowest BCUT2D eigenvalue weighted by molar-refractivity contribution is 0.838. The molecule has 0 radical (unpaired) electrons. The van der Waals surface area contributed by atoms with E-state index in [2.05, 4.69) is 16.9 Å². The van der Waals surface area contributed by atoms with E-state index in [4.69, 9.17) is 23.8 Å². The molecule has 1 aromatic carbocycles. The Morgan fingerprint density at radius 3 is 2.83 bits per heavy atom. The average Bonchev–Trinajstić information content (AvgIpc) is 2.32. The van der Waals surface area contributed by atoms with E-state index in [0.29, 0.717) is 11.1 Å². The van der Waals surface area contributed by atoms with Gasteiger partial charge in [0.25, 0.3) is 0 Å². The number of halogens is 1. The van der Waals surface area contributed by atoms with Crippen LogP contribution in [0.1, 0.15) is 30.4 Å². The van der Waals surface area contributed by atoms with Crippen molar-refractivity contribution in [1.82, 2.24) is 9.97 Å². The van der Waals surface area contributed by atoms with Gasteiger partial charge in [0, 0.05) is 17.1 Å². The molecular weight excluding hydrogens is 264 g/mol. The van der Waals surface area contributed by atoms with Gasteiger partial charge in [-0.2, -0.15) is 0 Å². The van der Waals surface area contributed by atoms with E-state index >= 15 is 0 Å². The zero-order valence-corrected chi connectivity index (χ0v) is 11.8. The van der Waals surface area contributed by atoms with Crippen LogP contribution in [0.25, 0.3) is 0 Å². The van der Waals surface area contributed by atoms with Crippen LogP contribution in [0.3, 0.4) is 0 Å². The Labute approximate surface area is 117 Å². The van der Waals surface area contributed by atoms with Crippen LogP contribution in [-0.2, 0) is 12.8 Å². The van der Waals surface area contributed by atoms with Crippen molar-refractivity contribution in [1.29, 1.82) is 0 Å². The lowest BCUT2D eigenvalue weighted by Crippen LogP contribution is -2.01. The van der Waals surface area contributed by atoms with Gasteiger partial charge in [0.1, 0.15) is 10.5 Å². The molecule has 0 fully saturated rings. The number of aromatic nitrogens is 2. The second-order valence-electron chi connectivity index (χ2n) is 4.21. The van der Waals surface area contributed by atoms with E-state index in [-0.39, 0.29) is 0 Å². The fraction of sp³-hybridized carbons (Fsp3) is 0.286. The Morgan fingerprint density at radius 1 is 1.33 bits per heavy atom. The van der Waals surface area contributed by atoms with Crippen LogP contribution in [0.2, 0.25) is 5.02 Å². The minimum absolute atomic E-state index is 0.638. The topological polar surface area (TPSA) is 28.7 Å². The molecule has 0 bridgehead atoms. The molecule has 2 rings (SSSR count). The van der Waals surface area contributed by atoms with Gasteiger partial charge in [-0.05, 0) is 24.1 Å². The van der Waals surface area contributed by atoms with Crippen molar-refractivity contribution in [2.75, 3.05) is 0 Å². The Kier molecular flexibility index (Phi) is 4.50. The summed E-state index contributed by atoms with van der Waals surface area (Å²) in [6, 6.07) is 9.73. The van der Waals surface area contributed by atoms with Crippen LogP contribution in [-0.4, -0.2) is 9.97 Å². The lowest BCUT2D eigenvalue weighted by atomic mass is 10.1. The second kappa shape index (κ2) is 6.12. The predicted octanol–water partition coefficient (Wildman–Crippen LogP) is 4.34. The Bertz CT molecular complexity index is 592. The largest absolute Gasteiger partial charge is 0.347 e. The number of benzene rings is 1. The number of aryl methyl sites for hydroxylation is 1. The lowest BCUT2D eigenvalue weighted by Gasteiger charge is -2.06. The molecule has 1 N–H and O–H groups in total. The molecule has 0 amide bonds. The molecule has 0 atom stereocenters. The van der Waals surface area contributed by atoms with E-state index in [0.717, 1.165) is 34.9 Å². The summed E-state index contributed by atoms with van der Waals surface area (Å²) in [6.45, 7) is 2.14. The van der Waals surface area contributed by atoms with E-state index in [9.17, 15) is 0 Å². The van der Waals surface area contributed by atoms with Gasteiger partial charge in [-0.25, -0.2) is 4.98 Å². The monoisotopic (exact) mass is 278 g/mol. The summed E-state index contributed by atoms with van der Waals surface area (Å²) in [6.07, 6.45) is 2.75. The molecule has 94 valence electrons. The van der Waals surface area contributed by atoms with E-state index in [1.54, 1.807) is 0 Å². The van der Waals surface area contributed by atoms with Crippen molar-refractivity contribution in [3.05, 3.63) is 57.1 Å². The summed E-state index contributed by atoms with van der Waals surface area (Å²) in [5.74, 6) is 0.874. The highest BCUT2D eigenvalue weighted by molar-refractivity contribution is 7.71. The first-order valence-corrected chi connectivity index (χ1v) is 6.80. The number of rotatable bonds is 4. The normalized spacial score (nSPS) is 10.6. The van der Waals surface area contributed by atoms with Crippen molar-refractivity contribution in [3.8, 4) is 0 Å². The highest BCUT2D eigenvalue weighted by Crippen LogP contribution is 2.17. The zero-order valence-electron chi connectivity index (χ0n) is 10.2. The maximum atomic E-state index is 6.15. The molecule has 0 aliphatic rings. The third-order valence-electron chi connectivity index (χ3n) is 2.68. The van der Waals surface area contributed by atoms with Crippen molar-refractivity contribution in [2.24, 2.45) is 0 Å². The summed E-state index contributed by atoms with van der Waals surface area (Å²) in [7, 11) is 0. The predicted molar refractivity (Wildman–Crippen MR) is 77.7 cm³/mol. The average molecular weight is 279 g/mol. The summed E-state index contributed by atoms with van der Waals surface area (Å²) in [5.41, 5.74) is 2.20. The van der Waals surface area contributed by atoms with Gasteiger partial charge in [0.15, 0.2) is 0 Å². The molecule has 0 saturated carbocycles. The summed E-state index contributed by atoms with van der Waals surface area (Å²) in [4.78, 5) is 7.68. The molecule has 2 aromatic rings. The summed E-state index contributed by atoms with van der Waals surface area (Å²) in [5, 5.41) is 0.763. The maximum absolute atomic E-state index is 6.15. The molecule has 1 aromatic heterocycles. The second-order valence-corrected chi connectivity index (χ2v) is 5.03. The fourth-order valence-electron chi connectivity index (χ4n) is 1.87. The number of nitrogens with zero attached hydrogens (tertiary/aromatic N) is 1. The van der Waals surface area contributed by atoms with Crippen LogP contribution in [0.15, 0.2) is 30.3 Å². The van der Waals surface area contributed by atoms with Crippen molar-refractivity contribution >= 4 is 23.8 Å². The quantitative estimate of drug-likeness (QED) is 0.843. The fourth-order valence-corrected chi connectivity index (χ4v) is 2.33. The van der Waals surface area contributed by atoms with Crippen molar-refractivity contribution in [2.45, 2.75) is 26.2 Å². The number of hydrogen-bond acceptors (Lipinski definition) is 2. The van der Waals surface area contributed by atoms with Gasteiger partial charge < -0.3 is 4.98 Å². The Hall–Kier alpha value is -1.19. The highest BCUT2D eigenvalue weighted by Gasteiger charge is 2.04. The van der Waals surface area contributed by atoms with Gasteiger partial charge in [0.2, 0.25) is 0 Å². The maximum Gasteiger partial charge on any atom is 0.130 e. The minimum atomic E-state index is 0.638. The first kappa shape index (κ1) is 13.2. The van der Waals surface area contributed by atoms with Crippen LogP contribution in [0, 0.1) is 4.64 Å². The van der Waals surface area contributed by atoms with Gasteiger partial charge >= 0.3 is 0 Å². The number of hydrogen-bond donors (Lipinski definition) is 1. The molecule has 1 heterocycles. The Morgan fingerprint density at radius 2 is 2.11 bits per heavy atom. The molecule has 0 unspecified atom stereocenters. The first-order chi connectivity index (χ1) is 8.69. The summed E-state index contributed by atoms with van der Waals surface area (Å²) < 4.78 is 0.638. The number of H-pyrrole nitrogens is 1. The van der Waals surface area contributed by atoms with Gasteiger partial charge in [-0.1, -0.05) is 55.4 Å². The zero-order chi connectivity index (χ0) is 13.0. The molecule has 4 heteroatoms. The molecule has 0 aliphatic heterocycles. The van der Waals surface area contributed by atoms with Crippen LogP contribution < -0.4 is 0 Å². The molecule has 18 heavy (non-hydrogen) atoms. The van der Waals surface area contributed by atoms with Crippen molar-refractivity contribution < 1.29 is 0 Å². The standard InChI is InChI=1S/C14H15ClN2S/c1-2-5-11-9-14(18)17-13(16-11)8-10-6-3-4-7-12(10)15/h3-4,6-7,9H,2,5,8H2,1H3,(H,16,17,18). The van der Waals surface area contributed by atoms with E-state index < -0.39 is 0 Å².